The lowest BCUT2D eigenvalue weighted by Crippen LogP contribution is -2.32. The minimum Gasteiger partial charge on any atom is -0.463 e. The van der Waals surface area contributed by atoms with Crippen molar-refractivity contribution in [3.8, 4) is 11.3 Å². The molecule has 0 bridgehead atoms. The molecular formula is C19H16O4. The van der Waals surface area contributed by atoms with Crippen LogP contribution in [0.5, 0.6) is 0 Å². The molecule has 0 aliphatic heterocycles. The molecule has 2 aromatic rings. The van der Waals surface area contributed by atoms with E-state index in [9.17, 15) is 14.4 Å². The Bertz CT molecular complexity index is 887. The van der Waals surface area contributed by atoms with E-state index in [-0.39, 0.29) is 0 Å². The Morgan fingerprint density at radius 2 is 1.91 bits per heavy atom. The first-order valence-electron chi connectivity index (χ1n) is 7.78. The van der Waals surface area contributed by atoms with Crippen LogP contribution < -0.4 is 0 Å². The first-order valence-corrected chi connectivity index (χ1v) is 7.78. The zero-order valence-electron chi connectivity index (χ0n) is 13.1. The third kappa shape index (κ3) is 1.69. The Morgan fingerprint density at radius 3 is 2.65 bits per heavy atom. The predicted octanol–water partition coefficient (Wildman–Crippen LogP) is 3.43. The molecule has 1 aromatic heterocycles. The number of hydrogen-bond donors (Lipinski definition) is 0. The minimum atomic E-state index is -0.592. The Balaban J connectivity index is 2.06. The lowest BCUT2D eigenvalue weighted by atomic mass is 9.69. The molecule has 0 fully saturated rings. The van der Waals surface area contributed by atoms with Crippen molar-refractivity contribution in [2.24, 2.45) is 0 Å². The van der Waals surface area contributed by atoms with Gasteiger partial charge in [-0.25, -0.2) is 0 Å². The number of ketones is 2. The summed E-state index contributed by atoms with van der Waals surface area (Å²) in [6.45, 7) is 3.66. The first kappa shape index (κ1) is 14.1. The molecule has 0 radical (unpaired) electrons. The van der Waals surface area contributed by atoms with Crippen LogP contribution in [0.25, 0.3) is 11.3 Å². The van der Waals surface area contributed by atoms with Gasteiger partial charge >= 0.3 is 0 Å². The molecule has 116 valence electrons. The van der Waals surface area contributed by atoms with Crippen molar-refractivity contribution in [1.82, 2.24) is 0 Å². The molecule has 23 heavy (non-hydrogen) atoms. The van der Waals surface area contributed by atoms with Gasteiger partial charge in [0.05, 0.1) is 11.8 Å². The molecular weight excluding hydrogens is 292 g/mol. The number of aryl methyl sites for hydroxylation is 1. The standard InChI is InChI=1S/C19H16O4/c1-10-8-23-18-12-5-6-13-11(4-3-7-19(13,2)9-20)15(12)17(22)16(21)14(10)18/h5-6,8-9H,3-4,7H2,1-2H3/t19-/m0/s1. The van der Waals surface area contributed by atoms with Gasteiger partial charge in [0, 0.05) is 16.5 Å². The maximum Gasteiger partial charge on any atom is 0.237 e. The van der Waals surface area contributed by atoms with Gasteiger partial charge in [-0.3, -0.25) is 9.59 Å². The monoisotopic (exact) mass is 308 g/mol. The van der Waals surface area contributed by atoms with Gasteiger partial charge in [0.15, 0.2) is 0 Å². The number of benzene rings is 1. The van der Waals surface area contributed by atoms with Crippen LogP contribution in [0, 0.1) is 6.92 Å². The van der Waals surface area contributed by atoms with Crippen LogP contribution >= 0.6 is 0 Å². The maximum atomic E-state index is 12.7. The van der Waals surface area contributed by atoms with E-state index in [1.54, 1.807) is 6.92 Å². The molecule has 1 aromatic carbocycles. The van der Waals surface area contributed by atoms with Crippen LogP contribution in [0.3, 0.4) is 0 Å². The SMILES string of the molecule is Cc1coc2c1C(=O)C(=O)c1c-2ccc2c1CCC[C@@]2(C)C=O. The predicted molar refractivity (Wildman–Crippen MR) is 83.9 cm³/mol. The van der Waals surface area contributed by atoms with Crippen LogP contribution in [-0.2, 0) is 16.6 Å². The van der Waals surface area contributed by atoms with Gasteiger partial charge in [-0.1, -0.05) is 12.1 Å². The third-order valence-electron chi connectivity index (χ3n) is 5.19. The summed E-state index contributed by atoms with van der Waals surface area (Å²) in [6, 6.07) is 3.72. The number of Topliss-reactive ketones (excluding diaryl/α,β-unsaturated/α-hetero) is 2. The zero-order valence-corrected chi connectivity index (χ0v) is 13.1. The molecule has 0 amide bonds. The quantitative estimate of drug-likeness (QED) is 0.598. The molecule has 0 spiro atoms. The van der Waals surface area contributed by atoms with Gasteiger partial charge in [-0.2, -0.15) is 0 Å². The van der Waals surface area contributed by atoms with E-state index < -0.39 is 17.0 Å². The van der Waals surface area contributed by atoms with E-state index in [0.717, 1.165) is 30.3 Å². The van der Waals surface area contributed by atoms with Gasteiger partial charge in [-0.05, 0) is 49.8 Å². The van der Waals surface area contributed by atoms with Crippen molar-refractivity contribution in [2.45, 2.75) is 38.5 Å². The van der Waals surface area contributed by atoms with Crippen molar-refractivity contribution in [2.75, 3.05) is 0 Å². The molecule has 0 N–H and O–H groups in total. The smallest absolute Gasteiger partial charge is 0.237 e. The summed E-state index contributed by atoms with van der Waals surface area (Å²) < 4.78 is 5.56. The van der Waals surface area contributed by atoms with Gasteiger partial charge < -0.3 is 9.21 Å². The van der Waals surface area contributed by atoms with E-state index in [2.05, 4.69) is 0 Å². The second kappa shape index (κ2) is 4.51. The largest absolute Gasteiger partial charge is 0.463 e. The average molecular weight is 308 g/mol. The molecule has 0 unspecified atom stereocenters. The summed E-state index contributed by atoms with van der Waals surface area (Å²) in [5.41, 5.74) is 3.27. The van der Waals surface area contributed by atoms with E-state index in [1.807, 2.05) is 19.1 Å². The molecule has 2 aliphatic carbocycles. The van der Waals surface area contributed by atoms with Crippen molar-refractivity contribution >= 4 is 17.9 Å². The molecule has 4 rings (SSSR count). The van der Waals surface area contributed by atoms with Crippen LogP contribution in [0.15, 0.2) is 22.8 Å². The fourth-order valence-corrected chi connectivity index (χ4v) is 3.93. The summed E-state index contributed by atoms with van der Waals surface area (Å²) in [7, 11) is 0. The Kier molecular flexibility index (Phi) is 2.77. The number of carbonyl (C=O) groups excluding carboxylic acids is 3. The number of aldehydes is 1. The third-order valence-corrected chi connectivity index (χ3v) is 5.19. The minimum absolute atomic E-state index is 0.372. The number of rotatable bonds is 1. The van der Waals surface area contributed by atoms with Gasteiger partial charge in [0.1, 0.15) is 12.0 Å². The van der Waals surface area contributed by atoms with E-state index in [4.69, 9.17) is 4.42 Å². The number of furan rings is 1. The fraction of sp³-hybridized carbons (Fsp3) is 0.316. The van der Waals surface area contributed by atoms with Gasteiger partial charge in [0.25, 0.3) is 0 Å². The van der Waals surface area contributed by atoms with E-state index in [0.29, 0.717) is 34.4 Å². The average Bonchev–Trinajstić information content (AvgIpc) is 2.94. The highest BCUT2D eigenvalue weighted by Gasteiger charge is 2.40. The Labute approximate surface area is 133 Å². The zero-order chi connectivity index (χ0) is 16.4. The van der Waals surface area contributed by atoms with Crippen molar-refractivity contribution in [1.29, 1.82) is 0 Å². The summed E-state index contributed by atoms with van der Waals surface area (Å²) in [4.78, 5) is 36.8. The first-order chi connectivity index (χ1) is 11.0. The summed E-state index contributed by atoms with van der Waals surface area (Å²) in [6.07, 6.45) is 4.75. The van der Waals surface area contributed by atoms with Crippen molar-refractivity contribution < 1.29 is 18.8 Å². The summed E-state index contributed by atoms with van der Waals surface area (Å²) in [5, 5.41) is 0. The molecule has 4 nitrogen and oxygen atoms in total. The molecule has 4 heteroatoms. The lowest BCUT2D eigenvalue weighted by molar-refractivity contribution is -0.112. The topological polar surface area (TPSA) is 64.3 Å². The van der Waals surface area contributed by atoms with Crippen LogP contribution in [-0.4, -0.2) is 17.9 Å². The highest BCUT2D eigenvalue weighted by Crippen LogP contribution is 2.44. The van der Waals surface area contributed by atoms with E-state index in [1.165, 1.54) is 6.26 Å². The summed E-state index contributed by atoms with van der Waals surface area (Å²) >= 11 is 0. The second-order valence-corrected chi connectivity index (χ2v) is 6.68. The normalized spacial score (nSPS) is 22.3. The molecule has 0 saturated carbocycles. The Morgan fingerprint density at radius 1 is 1.17 bits per heavy atom. The Hall–Kier alpha value is -2.49. The highest BCUT2D eigenvalue weighted by atomic mass is 16.3. The van der Waals surface area contributed by atoms with Gasteiger partial charge in [-0.15, -0.1) is 0 Å². The fourth-order valence-electron chi connectivity index (χ4n) is 3.93. The van der Waals surface area contributed by atoms with Gasteiger partial charge in [0.2, 0.25) is 11.6 Å². The van der Waals surface area contributed by atoms with Crippen molar-refractivity contribution in [3.63, 3.8) is 0 Å². The number of fused-ring (bicyclic) bond motifs is 5. The molecule has 1 atom stereocenters. The van der Waals surface area contributed by atoms with Crippen molar-refractivity contribution in [3.05, 3.63) is 46.2 Å². The summed E-state index contributed by atoms with van der Waals surface area (Å²) in [5.74, 6) is -0.516. The van der Waals surface area contributed by atoms with E-state index >= 15 is 0 Å². The van der Waals surface area contributed by atoms with Crippen LogP contribution in [0.4, 0.5) is 0 Å². The second-order valence-electron chi connectivity index (χ2n) is 6.68. The maximum absolute atomic E-state index is 12.7. The number of carbonyl (C=O) groups is 3. The molecule has 1 heterocycles. The van der Waals surface area contributed by atoms with Crippen LogP contribution in [0.2, 0.25) is 0 Å². The number of hydrogen-bond acceptors (Lipinski definition) is 4. The lowest BCUT2D eigenvalue weighted by Gasteiger charge is -2.33. The highest BCUT2D eigenvalue weighted by molar-refractivity contribution is 6.53. The molecule has 2 aliphatic rings. The molecule has 0 saturated heterocycles. The van der Waals surface area contributed by atoms with Crippen LogP contribution in [0.1, 0.15) is 57.2 Å².